The predicted molar refractivity (Wildman–Crippen MR) is 80.8 cm³/mol. The maximum absolute atomic E-state index is 13.1. The molecular formula is C16H17F2N3O2. The first kappa shape index (κ1) is 14.7. The zero-order valence-electron chi connectivity index (χ0n) is 12.5. The summed E-state index contributed by atoms with van der Waals surface area (Å²) < 4.78 is 37.7. The Kier molecular flexibility index (Phi) is 3.61. The van der Waals surface area contributed by atoms with Crippen LogP contribution in [0.5, 0.6) is 0 Å². The minimum absolute atomic E-state index is 0.352. The molecule has 2 aromatic rings. The Morgan fingerprint density at radius 2 is 2.04 bits per heavy atom. The molecule has 0 amide bonds. The Bertz CT molecular complexity index is 720. The smallest absolute Gasteiger partial charge is 0.297 e. The monoisotopic (exact) mass is 321 g/mol. The first-order chi connectivity index (χ1) is 11.2. The molecule has 23 heavy (non-hydrogen) atoms. The van der Waals surface area contributed by atoms with Gasteiger partial charge in [0.25, 0.3) is 6.43 Å². The number of hydrogen-bond donors (Lipinski definition) is 0. The van der Waals surface area contributed by atoms with Gasteiger partial charge in [-0.15, -0.1) is 0 Å². The SMILES string of the molecule is FC(F)c1nc(N2CCOC3(CCOC3)C2)c2ccccc2n1. The van der Waals surface area contributed by atoms with Crippen molar-refractivity contribution in [1.82, 2.24) is 9.97 Å². The zero-order chi connectivity index (χ0) is 15.9. The summed E-state index contributed by atoms with van der Waals surface area (Å²) in [5, 5.41) is 0.785. The lowest BCUT2D eigenvalue weighted by Crippen LogP contribution is -2.52. The van der Waals surface area contributed by atoms with Crippen LogP contribution in [0.25, 0.3) is 10.9 Å². The molecule has 0 N–H and O–H groups in total. The number of rotatable bonds is 2. The Morgan fingerprint density at radius 3 is 2.83 bits per heavy atom. The van der Waals surface area contributed by atoms with Crippen molar-refractivity contribution >= 4 is 16.7 Å². The molecule has 1 aromatic heterocycles. The van der Waals surface area contributed by atoms with Crippen molar-refractivity contribution in [2.24, 2.45) is 0 Å². The number of alkyl halides is 2. The molecule has 122 valence electrons. The van der Waals surface area contributed by atoms with Crippen LogP contribution in [0.1, 0.15) is 18.7 Å². The average molecular weight is 321 g/mol. The second kappa shape index (κ2) is 5.65. The van der Waals surface area contributed by atoms with Crippen LogP contribution in [0.2, 0.25) is 0 Å². The Hall–Kier alpha value is -1.86. The number of para-hydroxylation sites is 1. The van der Waals surface area contributed by atoms with Crippen LogP contribution in [0.3, 0.4) is 0 Å². The van der Waals surface area contributed by atoms with Crippen LogP contribution in [-0.2, 0) is 9.47 Å². The van der Waals surface area contributed by atoms with E-state index in [1.807, 2.05) is 17.0 Å². The van der Waals surface area contributed by atoms with Crippen LogP contribution < -0.4 is 4.90 Å². The van der Waals surface area contributed by atoms with Crippen molar-refractivity contribution < 1.29 is 18.3 Å². The summed E-state index contributed by atoms with van der Waals surface area (Å²) in [6.07, 6.45) is -1.88. The van der Waals surface area contributed by atoms with Crippen molar-refractivity contribution in [3.05, 3.63) is 30.1 Å². The van der Waals surface area contributed by atoms with E-state index in [1.54, 1.807) is 12.1 Å². The van der Waals surface area contributed by atoms with Gasteiger partial charge in [-0.3, -0.25) is 0 Å². The first-order valence-electron chi connectivity index (χ1n) is 7.68. The van der Waals surface area contributed by atoms with Gasteiger partial charge in [0, 0.05) is 25.0 Å². The maximum atomic E-state index is 13.1. The van der Waals surface area contributed by atoms with E-state index in [-0.39, 0.29) is 5.60 Å². The van der Waals surface area contributed by atoms with Gasteiger partial charge >= 0.3 is 0 Å². The molecule has 5 nitrogen and oxygen atoms in total. The highest BCUT2D eigenvalue weighted by atomic mass is 19.3. The number of aromatic nitrogens is 2. The van der Waals surface area contributed by atoms with E-state index in [9.17, 15) is 8.78 Å². The van der Waals surface area contributed by atoms with E-state index in [1.165, 1.54) is 0 Å². The highest BCUT2D eigenvalue weighted by molar-refractivity contribution is 5.89. The second-order valence-electron chi connectivity index (χ2n) is 5.98. The van der Waals surface area contributed by atoms with Crippen molar-refractivity contribution in [2.75, 3.05) is 37.8 Å². The van der Waals surface area contributed by atoms with Gasteiger partial charge in [-0.05, 0) is 12.1 Å². The quantitative estimate of drug-likeness (QED) is 0.851. The Balaban J connectivity index is 1.77. The van der Waals surface area contributed by atoms with Gasteiger partial charge in [0.15, 0.2) is 5.82 Å². The largest absolute Gasteiger partial charge is 0.378 e. The van der Waals surface area contributed by atoms with E-state index in [2.05, 4.69) is 9.97 Å². The highest BCUT2D eigenvalue weighted by Gasteiger charge is 2.41. The molecule has 0 bridgehead atoms. The van der Waals surface area contributed by atoms with Crippen LogP contribution in [0, 0.1) is 0 Å². The molecule has 7 heteroatoms. The van der Waals surface area contributed by atoms with E-state index >= 15 is 0 Å². The third-order valence-corrected chi connectivity index (χ3v) is 4.41. The number of morpholine rings is 1. The van der Waals surface area contributed by atoms with Gasteiger partial charge in [-0.25, -0.2) is 18.7 Å². The molecule has 1 aromatic carbocycles. The maximum Gasteiger partial charge on any atom is 0.297 e. The van der Waals surface area contributed by atoms with Gasteiger partial charge < -0.3 is 14.4 Å². The number of halogens is 2. The minimum atomic E-state index is -2.69. The molecule has 0 radical (unpaired) electrons. The summed E-state index contributed by atoms with van der Waals surface area (Å²) in [5.41, 5.74) is 0.186. The summed E-state index contributed by atoms with van der Waals surface area (Å²) in [5.74, 6) is 0.127. The van der Waals surface area contributed by atoms with Gasteiger partial charge in [0.2, 0.25) is 0 Å². The van der Waals surface area contributed by atoms with Gasteiger partial charge in [-0.2, -0.15) is 0 Å². The molecule has 3 heterocycles. The topological polar surface area (TPSA) is 47.5 Å². The fourth-order valence-corrected chi connectivity index (χ4v) is 3.27. The number of benzene rings is 1. The molecule has 1 spiro atoms. The number of anilines is 1. The minimum Gasteiger partial charge on any atom is -0.378 e. The third-order valence-electron chi connectivity index (χ3n) is 4.41. The molecule has 2 aliphatic heterocycles. The standard InChI is InChI=1S/C16H17F2N3O2/c17-13(18)14-19-12-4-2-1-3-11(12)15(20-14)21-6-8-23-16(9-21)5-7-22-10-16/h1-4,13H,5-10H2. The van der Waals surface area contributed by atoms with Crippen LogP contribution >= 0.6 is 0 Å². The molecule has 0 saturated carbocycles. The lowest BCUT2D eigenvalue weighted by molar-refractivity contribution is -0.0580. The van der Waals surface area contributed by atoms with Crippen LogP contribution in [0.4, 0.5) is 14.6 Å². The number of ether oxygens (including phenoxy) is 2. The molecule has 2 aliphatic rings. The molecule has 1 unspecified atom stereocenters. The average Bonchev–Trinajstić information content (AvgIpc) is 3.01. The van der Waals surface area contributed by atoms with Crippen molar-refractivity contribution in [3.63, 3.8) is 0 Å². The highest BCUT2D eigenvalue weighted by Crippen LogP contribution is 2.33. The summed E-state index contributed by atoms with van der Waals surface area (Å²) in [4.78, 5) is 10.1. The number of nitrogens with zero attached hydrogens (tertiary/aromatic N) is 3. The van der Waals surface area contributed by atoms with Gasteiger partial charge in [-0.1, -0.05) is 12.1 Å². The van der Waals surface area contributed by atoms with Crippen LogP contribution in [-0.4, -0.2) is 48.5 Å². The fourth-order valence-electron chi connectivity index (χ4n) is 3.27. The van der Waals surface area contributed by atoms with Gasteiger partial charge in [0.05, 0.1) is 25.3 Å². The summed E-state index contributed by atoms with van der Waals surface area (Å²) >= 11 is 0. The van der Waals surface area contributed by atoms with E-state index < -0.39 is 12.2 Å². The zero-order valence-corrected chi connectivity index (χ0v) is 12.5. The molecule has 1 atom stereocenters. The number of hydrogen-bond acceptors (Lipinski definition) is 5. The first-order valence-corrected chi connectivity index (χ1v) is 7.68. The molecule has 0 aliphatic carbocycles. The Labute approximate surface area is 132 Å². The Morgan fingerprint density at radius 1 is 1.17 bits per heavy atom. The van der Waals surface area contributed by atoms with Crippen LogP contribution in [0.15, 0.2) is 24.3 Å². The lowest BCUT2D eigenvalue weighted by atomic mass is 10.0. The summed E-state index contributed by atoms with van der Waals surface area (Å²) in [7, 11) is 0. The van der Waals surface area contributed by atoms with Crippen molar-refractivity contribution in [3.8, 4) is 0 Å². The molecular weight excluding hydrogens is 304 g/mol. The van der Waals surface area contributed by atoms with E-state index in [0.717, 1.165) is 11.8 Å². The third kappa shape index (κ3) is 2.64. The normalized spacial score (nSPS) is 24.9. The summed E-state index contributed by atoms with van der Waals surface area (Å²) in [6, 6.07) is 7.26. The molecule has 4 rings (SSSR count). The lowest BCUT2D eigenvalue weighted by Gasteiger charge is -2.40. The summed E-state index contributed by atoms with van der Waals surface area (Å²) in [6.45, 7) is 2.95. The van der Waals surface area contributed by atoms with Crippen molar-refractivity contribution in [1.29, 1.82) is 0 Å². The van der Waals surface area contributed by atoms with Crippen molar-refractivity contribution in [2.45, 2.75) is 18.4 Å². The van der Waals surface area contributed by atoms with E-state index in [0.29, 0.717) is 44.2 Å². The molecule has 2 saturated heterocycles. The van der Waals surface area contributed by atoms with E-state index in [4.69, 9.17) is 9.47 Å². The molecule has 2 fully saturated rings. The predicted octanol–water partition coefficient (Wildman–Crippen LogP) is 2.56. The second-order valence-corrected chi connectivity index (χ2v) is 5.98. The van der Waals surface area contributed by atoms with Gasteiger partial charge in [0.1, 0.15) is 11.4 Å². The fraction of sp³-hybridized carbons (Fsp3) is 0.500. The number of fused-ring (bicyclic) bond motifs is 1.